The van der Waals surface area contributed by atoms with Gasteiger partial charge in [0.1, 0.15) is 17.3 Å². The molecular formula is C12H13FN2O2S2. The fourth-order valence-electron chi connectivity index (χ4n) is 2.00. The van der Waals surface area contributed by atoms with Crippen LogP contribution in [0.25, 0.3) is 0 Å². The Bertz CT molecular complexity index is 625. The maximum atomic E-state index is 13.6. The Morgan fingerprint density at radius 1 is 1.53 bits per heavy atom. The molecule has 2 rings (SSSR count). The summed E-state index contributed by atoms with van der Waals surface area (Å²) in [6, 6.07) is 5.95. The lowest BCUT2D eigenvalue weighted by molar-refractivity contribution is 0.583. The van der Waals surface area contributed by atoms with Crippen molar-refractivity contribution in [1.82, 2.24) is 0 Å². The van der Waals surface area contributed by atoms with E-state index in [1.807, 2.05) is 0 Å². The Morgan fingerprint density at radius 2 is 2.26 bits per heavy atom. The Kier molecular flexibility index (Phi) is 4.02. The number of benzene rings is 1. The molecule has 102 valence electrons. The van der Waals surface area contributed by atoms with Gasteiger partial charge in [0, 0.05) is 30.0 Å². The zero-order valence-electron chi connectivity index (χ0n) is 10.3. The van der Waals surface area contributed by atoms with Gasteiger partial charge in [0.05, 0.1) is 5.56 Å². The second-order valence-corrected chi connectivity index (χ2v) is 7.68. The van der Waals surface area contributed by atoms with Crippen molar-refractivity contribution in [2.75, 3.05) is 29.2 Å². The van der Waals surface area contributed by atoms with Crippen LogP contribution in [0.1, 0.15) is 5.56 Å². The lowest BCUT2D eigenvalue weighted by atomic mass is 10.2. The summed E-state index contributed by atoms with van der Waals surface area (Å²) < 4.78 is 37.2. The monoisotopic (exact) mass is 300 g/mol. The standard InChI is InChI=1S/C12H13FN2O2S2/c1-19(16,17)12-8-18-5-4-15(12)10-3-2-9(7-14)11(13)6-10/h2-3,6,12H,4-5,8H2,1H3. The molecule has 1 fully saturated rings. The van der Waals surface area contributed by atoms with Gasteiger partial charge in [0.25, 0.3) is 0 Å². The molecule has 0 N–H and O–H groups in total. The molecule has 1 unspecified atom stereocenters. The molecule has 1 heterocycles. The molecule has 7 heteroatoms. The third kappa shape index (κ3) is 3.01. The number of anilines is 1. The Hall–Kier alpha value is -1.26. The van der Waals surface area contributed by atoms with Gasteiger partial charge in [-0.3, -0.25) is 0 Å². The fourth-order valence-corrected chi connectivity index (χ4v) is 4.85. The van der Waals surface area contributed by atoms with Crippen LogP contribution in [0.15, 0.2) is 18.2 Å². The van der Waals surface area contributed by atoms with Crippen LogP contribution >= 0.6 is 11.8 Å². The summed E-state index contributed by atoms with van der Waals surface area (Å²) in [7, 11) is -3.23. The highest BCUT2D eigenvalue weighted by Crippen LogP contribution is 2.27. The first-order chi connectivity index (χ1) is 8.93. The van der Waals surface area contributed by atoms with Crippen molar-refractivity contribution in [2.24, 2.45) is 0 Å². The second kappa shape index (κ2) is 5.39. The van der Waals surface area contributed by atoms with E-state index in [1.165, 1.54) is 18.4 Å². The normalized spacial score (nSPS) is 20.1. The zero-order chi connectivity index (χ0) is 14.0. The maximum Gasteiger partial charge on any atom is 0.169 e. The summed E-state index contributed by atoms with van der Waals surface area (Å²) in [4.78, 5) is 1.69. The molecular weight excluding hydrogens is 287 g/mol. The summed E-state index contributed by atoms with van der Waals surface area (Å²) in [5, 5.41) is 8.06. The Morgan fingerprint density at radius 3 is 2.84 bits per heavy atom. The van der Waals surface area contributed by atoms with Crippen molar-refractivity contribution in [2.45, 2.75) is 5.37 Å². The minimum Gasteiger partial charge on any atom is -0.353 e. The van der Waals surface area contributed by atoms with Crippen molar-refractivity contribution < 1.29 is 12.8 Å². The molecule has 19 heavy (non-hydrogen) atoms. The van der Waals surface area contributed by atoms with Gasteiger partial charge in [0.15, 0.2) is 9.84 Å². The van der Waals surface area contributed by atoms with E-state index in [9.17, 15) is 12.8 Å². The molecule has 0 aromatic heterocycles. The highest BCUT2D eigenvalue weighted by Gasteiger charge is 2.31. The van der Waals surface area contributed by atoms with Crippen LogP contribution < -0.4 is 4.90 Å². The number of hydrogen-bond acceptors (Lipinski definition) is 5. The number of nitrogens with zero attached hydrogens (tertiary/aromatic N) is 2. The average molecular weight is 300 g/mol. The third-order valence-electron chi connectivity index (χ3n) is 2.98. The largest absolute Gasteiger partial charge is 0.353 e. The van der Waals surface area contributed by atoms with Gasteiger partial charge in [0.2, 0.25) is 0 Å². The molecule has 0 saturated carbocycles. The van der Waals surface area contributed by atoms with E-state index in [1.54, 1.807) is 28.8 Å². The lowest BCUT2D eigenvalue weighted by Crippen LogP contribution is -2.47. The van der Waals surface area contributed by atoms with Crippen molar-refractivity contribution in [1.29, 1.82) is 5.26 Å². The van der Waals surface area contributed by atoms with Crippen LogP contribution in [0.4, 0.5) is 10.1 Å². The van der Waals surface area contributed by atoms with Crippen molar-refractivity contribution in [3.05, 3.63) is 29.6 Å². The molecule has 1 aliphatic heterocycles. The summed E-state index contributed by atoms with van der Waals surface area (Å²) in [5.74, 6) is 0.652. The quantitative estimate of drug-likeness (QED) is 0.830. The van der Waals surface area contributed by atoms with E-state index >= 15 is 0 Å². The minimum atomic E-state index is -3.23. The molecule has 0 amide bonds. The predicted octanol–water partition coefficient (Wildman–Crippen LogP) is 1.62. The van der Waals surface area contributed by atoms with Gasteiger partial charge in [-0.1, -0.05) is 0 Å². The van der Waals surface area contributed by atoms with Gasteiger partial charge in [-0.15, -0.1) is 0 Å². The van der Waals surface area contributed by atoms with Crippen LogP contribution in [0.2, 0.25) is 0 Å². The first-order valence-corrected chi connectivity index (χ1v) is 8.77. The highest BCUT2D eigenvalue weighted by atomic mass is 32.2. The van der Waals surface area contributed by atoms with E-state index in [4.69, 9.17) is 5.26 Å². The van der Waals surface area contributed by atoms with Crippen LogP contribution in [0.3, 0.4) is 0 Å². The number of rotatable bonds is 2. The van der Waals surface area contributed by atoms with Crippen LogP contribution in [0.5, 0.6) is 0 Å². The van der Waals surface area contributed by atoms with E-state index in [2.05, 4.69) is 0 Å². The van der Waals surface area contributed by atoms with E-state index in [0.717, 1.165) is 5.75 Å². The predicted molar refractivity (Wildman–Crippen MR) is 74.4 cm³/mol. The van der Waals surface area contributed by atoms with E-state index < -0.39 is 21.0 Å². The SMILES string of the molecule is CS(=O)(=O)C1CSCCN1c1ccc(C#N)c(F)c1. The van der Waals surface area contributed by atoms with Crippen LogP contribution in [-0.2, 0) is 9.84 Å². The van der Waals surface area contributed by atoms with Gasteiger partial charge >= 0.3 is 0 Å². The van der Waals surface area contributed by atoms with Gasteiger partial charge < -0.3 is 4.90 Å². The average Bonchev–Trinajstić information content (AvgIpc) is 2.37. The third-order valence-corrected chi connectivity index (χ3v) is 5.63. The van der Waals surface area contributed by atoms with Gasteiger partial charge in [-0.2, -0.15) is 17.0 Å². The smallest absolute Gasteiger partial charge is 0.169 e. The molecule has 1 atom stereocenters. The van der Waals surface area contributed by atoms with E-state index in [-0.39, 0.29) is 5.56 Å². The number of nitriles is 1. The molecule has 1 aromatic carbocycles. The first kappa shape index (κ1) is 14.2. The van der Waals surface area contributed by atoms with Gasteiger partial charge in [-0.05, 0) is 18.2 Å². The second-order valence-electron chi connectivity index (χ2n) is 4.33. The number of sulfone groups is 1. The molecule has 1 aliphatic rings. The fraction of sp³-hybridized carbons (Fsp3) is 0.417. The van der Waals surface area contributed by atoms with Crippen molar-refractivity contribution in [3.8, 4) is 6.07 Å². The Balaban J connectivity index is 2.39. The first-order valence-electron chi connectivity index (χ1n) is 5.66. The van der Waals surface area contributed by atoms with Crippen LogP contribution in [-0.4, -0.2) is 38.1 Å². The number of thioether (sulfide) groups is 1. The van der Waals surface area contributed by atoms with E-state index in [0.29, 0.717) is 18.0 Å². The molecule has 0 spiro atoms. The lowest BCUT2D eigenvalue weighted by Gasteiger charge is -2.35. The van der Waals surface area contributed by atoms with Crippen molar-refractivity contribution >= 4 is 27.3 Å². The van der Waals surface area contributed by atoms with Gasteiger partial charge in [-0.25, -0.2) is 12.8 Å². The summed E-state index contributed by atoms with van der Waals surface area (Å²) in [6.07, 6.45) is 1.19. The molecule has 1 saturated heterocycles. The number of hydrogen-bond donors (Lipinski definition) is 0. The summed E-state index contributed by atoms with van der Waals surface area (Å²) in [5.41, 5.74) is 0.471. The molecule has 0 bridgehead atoms. The molecule has 0 radical (unpaired) electrons. The molecule has 4 nitrogen and oxygen atoms in total. The zero-order valence-corrected chi connectivity index (χ0v) is 12.0. The summed E-state index contributed by atoms with van der Waals surface area (Å²) in [6.45, 7) is 0.549. The Labute approximate surface area is 116 Å². The highest BCUT2D eigenvalue weighted by molar-refractivity contribution is 8.01. The number of halogens is 1. The minimum absolute atomic E-state index is 0.0361. The maximum absolute atomic E-state index is 13.6. The molecule has 1 aromatic rings. The molecule has 0 aliphatic carbocycles. The van der Waals surface area contributed by atoms with Crippen LogP contribution in [0, 0.1) is 17.1 Å². The van der Waals surface area contributed by atoms with Crippen molar-refractivity contribution in [3.63, 3.8) is 0 Å². The topological polar surface area (TPSA) is 61.2 Å². The summed E-state index contributed by atoms with van der Waals surface area (Å²) >= 11 is 1.57.